The summed E-state index contributed by atoms with van der Waals surface area (Å²) in [4.78, 5) is 27.1. The first kappa shape index (κ1) is 19.3. The van der Waals surface area contributed by atoms with Crippen LogP contribution in [0, 0.1) is 0 Å². The van der Waals surface area contributed by atoms with E-state index in [1.165, 1.54) is 4.90 Å². The van der Waals surface area contributed by atoms with Gasteiger partial charge in [0.1, 0.15) is 17.2 Å². The number of methoxy groups -OCH3 is 2. The number of halogens is 1. The van der Waals surface area contributed by atoms with Gasteiger partial charge in [-0.2, -0.15) is 0 Å². The van der Waals surface area contributed by atoms with E-state index in [0.717, 1.165) is 26.3 Å². The van der Waals surface area contributed by atoms with Crippen molar-refractivity contribution in [1.29, 1.82) is 0 Å². The summed E-state index contributed by atoms with van der Waals surface area (Å²) in [6.45, 7) is 0. The Balaban J connectivity index is 2.18. The highest BCUT2D eigenvalue weighted by molar-refractivity contribution is 9.10. The van der Waals surface area contributed by atoms with Gasteiger partial charge in [0.15, 0.2) is 0 Å². The monoisotopic (exact) mass is 454 g/mol. The van der Waals surface area contributed by atoms with E-state index in [9.17, 15) is 9.59 Å². The van der Waals surface area contributed by atoms with Crippen molar-refractivity contribution >= 4 is 43.9 Å². The van der Waals surface area contributed by atoms with Gasteiger partial charge in [-0.25, -0.2) is 0 Å². The van der Waals surface area contributed by atoms with Crippen LogP contribution in [0.4, 0.5) is 0 Å². The lowest BCUT2D eigenvalue weighted by atomic mass is 9.98. The zero-order valence-corrected chi connectivity index (χ0v) is 18.0. The quantitative estimate of drug-likeness (QED) is 0.334. The number of ketones is 1. The van der Waals surface area contributed by atoms with Crippen molar-refractivity contribution < 1.29 is 19.1 Å². The Labute approximate surface area is 176 Å². The average molecular weight is 455 g/mol. The molecule has 0 atom stereocenters. The number of Topliss-reactive ketones (excluding diaryl/α,β-unsaturated/α-hetero) is 1. The summed E-state index contributed by atoms with van der Waals surface area (Å²) in [5.74, 6) is 0.0484. The van der Waals surface area contributed by atoms with E-state index in [4.69, 9.17) is 9.47 Å². The Bertz CT molecular complexity index is 1240. The van der Waals surface area contributed by atoms with Crippen LogP contribution in [0.2, 0.25) is 0 Å². The summed E-state index contributed by atoms with van der Waals surface area (Å²) >= 11 is 3.45. The first-order chi connectivity index (χ1) is 13.9. The molecule has 2 aromatic heterocycles. The van der Waals surface area contributed by atoms with Crippen molar-refractivity contribution in [1.82, 2.24) is 9.30 Å². The number of benzene rings is 2. The van der Waals surface area contributed by atoms with Crippen molar-refractivity contribution in [3.8, 4) is 22.6 Å². The van der Waals surface area contributed by atoms with Crippen molar-refractivity contribution in [2.75, 3.05) is 28.3 Å². The van der Waals surface area contributed by atoms with Gasteiger partial charge in [-0.05, 0) is 23.8 Å². The molecular weight excluding hydrogens is 436 g/mol. The molecule has 4 rings (SSSR count). The molecule has 0 radical (unpaired) electrons. The van der Waals surface area contributed by atoms with E-state index in [1.807, 2.05) is 36.4 Å². The highest BCUT2D eigenvalue weighted by atomic mass is 79.9. The SMILES string of the molecule is COc1cc(OC)c2c(-c3ccc(Br)cc3)c(C(=O)C(=O)N(C)C)n3ccc1c23. The smallest absolute Gasteiger partial charge is 0.296 e. The molecule has 4 aromatic rings. The van der Waals surface area contributed by atoms with E-state index in [-0.39, 0.29) is 0 Å². The van der Waals surface area contributed by atoms with Crippen molar-refractivity contribution in [3.63, 3.8) is 0 Å². The van der Waals surface area contributed by atoms with E-state index in [2.05, 4.69) is 15.9 Å². The third kappa shape index (κ3) is 2.84. The van der Waals surface area contributed by atoms with Gasteiger partial charge in [0.05, 0.1) is 25.1 Å². The predicted octanol–water partition coefficient (Wildman–Crippen LogP) is 4.25. The van der Waals surface area contributed by atoms with Crippen LogP contribution in [-0.2, 0) is 4.79 Å². The number of carbonyl (C=O) groups is 2. The summed E-state index contributed by atoms with van der Waals surface area (Å²) in [7, 11) is 6.30. The second-order valence-corrected chi connectivity index (χ2v) is 7.78. The molecular formula is C22H19BrN2O4. The summed E-state index contributed by atoms with van der Waals surface area (Å²) in [6, 6.07) is 11.3. The standard InChI is InChI=1S/C22H19BrN2O4/c1-24(2)22(27)21(26)20-17(12-5-7-13(23)8-6-12)18-16(29-4)11-15(28-3)14-9-10-25(20)19(14)18/h5-11H,1-4H3. The van der Waals surface area contributed by atoms with Gasteiger partial charge in [0.2, 0.25) is 0 Å². The van der Waals surface area contributed by atoms with Crippen molar-refractivity contribution in [2.45, 2.75) is 0 Å². The molecule has 0 saturated carbocycles. The minimum atomic E-state index is -0.588. The number of carbonyl (C=O) groups excluding carboxylic acids is 2. The molecule has 6 nitrogen and oxygen atoms in total. The Hall–Kier alpha value is -3.06. The first-order valence-electron chi connectivity index (χ1n) is 8.92. The van der Waals surface area contributed by atoms with E-state index in [1.54, 1.807) is 38.9 Å². The van der Waals surface area contributed by atoms with Gasteiger partial charge < -0.3 is 18.8 Å². The van der Waals surface area contributed by atoms with E-state index >= 15 is 0 Å². The third-order valence-corrected chi connectivity index (χ3v) is 5.54. The van der Waals surface area contributed by atoms with Crippen molar-refractivity contribution in [3.05, 3.63) is 52.8 Å². The Kier molecular flexibility index (Phi) is 4.70. The van der Waals surface area contributed by atoms with Crippen LogP contribution in [0.25, 0.3) is 27.4 Å². The molecule has 0 aliphatic carbocycles. The lowest BCUT2D eigenvalue weighted by molar-refractivity contribution is -0.124. The first-order valence-corrected chi connectivity index (χ1v) is 9.71. The lowest BCUT2D eigenvalue weighted by Crippen LogP contribution is -2.30. The molecule has 0 saturated heterocycles. The number of nitrogens with zero attached hydrogens (tertiary/aromatic N) is 2. The Morgan fingerprint density at radius 1 is 1.00 bits per heavy atom. The number of ether oxygens (including phenoxy) is 2. The highest BCUT2D eigenvalue weighted by Gasteiger charge is 2.31. The lowest BCUT2D eigenvalue weighted by Gasteiger charge is -2.12. The second kappa shape index (κ2) is 7.08. The number of rotatable bonds is 5. The fourth-order valence-electron chi connectivity index (χ4n) is 3.69. The average Bonchev–Trinajstić information content (AvgIpc) is 3.29. The molecule has 0 spiro atoms. The molecule has 0 unspecified atom stereocenters. The van der Waals surface area contributed by atoms with Crippen LogP contribution in [0.5, 0.6) is 11.5 Å². The van der Waals surface area contributed by atoms with Crippen LogP contribution < -0.4 is 9.47 Å². The predicted molar refractivity (Wildman–Crippen MR) is 115 cm³/mol. The number of aromatic nitrogens is 1. The molecule has 29 heavy (non-hydrogen) atoms. The zero-order valence-electron chi connectivity index (χ0n) is 16.4. The topological polar surface area (TPSA) is 60.2 Å². The molecule has 0 fully saturated rings. The minimum absolute atomic E-state index is 0.308. The fraction of sp³-hybridized carbons (Fsp3) is 0.182. The molecule has 0 N–H and O–H groups in total. The summed E-state index contributed by atoms with van der Waals surface area (Å²) < 4.78 is 13.9. The van der Waals surface area contributed by atoms with Crippen LogP contribution in [0.3, 0.4) is 0 Å². The maximum atomic E-state index is 13.2. The third-order valence-electron chi connectivity index (χ3n) is 5.01. The van der Waals surface area contributed by atoms with Gasteiger partial charge in [0, 0.05) is 41.8 Å². The molecule has 0 bridgehead atoms. The maximum absolute atomic E-state index is 13.2. The van der Waals surface area contributed by atoms with Gasteiger partial charge >= 0.3 is 0 Å². The van der Waals surface area contributed by atoms with Crippen LogP contribution >= 0.6 is 15.9 Å². The minimum Gasteiger partial charge on any atom is -0.496 e. The molecule has 0 aliphatic heterocycles. The molecule has 1 amide bonds. The van der Waals surface area contributed by atoms with Gasteiger partial charge in [-0.3, -0.25) is 9.59 Å². The van der Waals surface area contributed by atoms with Crippen LogP contribution in [-0.4, -0.2) is 49.3 Å². The largest absolute Gasteiger partial charge is 0.496 e. The zero-order chi connectivity index (χ0) is 20.9. The van der Waals surface area contributed by atoms with Crippen LogP contribution in [0.1, 0.15) is 10.5 Å². The van der Waals surface area contributed by atoms with E-state index < -0.39 is 11.7 Å². The molecule has 2 aromatic carbocycles. The van der Waals surface area contributed by atoms with Gasteiger partial charge in [-0.1, -0.05) is 28.1 Å². The van der Waals surface area contributed by atoms with Crippen molar-refractivity contribution in [2.24, 2.45) is 0 Å². The maximum Gasteiger partial charge on any atom is 0.296 e. The Morgan fingerprint density at radius 3 is 2.24 bits per heavy atom. The van der Waals surface area contributed by atoms with E-state index in [0.29, 0.717) is 22.8 Å². The number of likely N-dealkylation sites (N-methyl/N-ethyl adjacent to an activating group) is 1. The Morgan fingerprint density at radius 2 is 1.66 bits per heavy atom. The van der Waals surface area contributed by atoms with Crippen LogP contribution in [0.15, 0.2) is 47.1 Å². The van der Waals surface area contributed by atoms with Gasteiger partial charge in [0.25, 0.3) is 11.7 Å². The molecule has 148 valence electrons. The second-order valence-electron chi connectivity index (χ2n) is 6.86. The summed E-state index contributed by atoms with van der Waals surface area (Å²) in [5, 5.41) is 1.61. The number of amides is 1. The number of hydrogen-bond donors (Lipinski definition) is 0. The molecule has 7 heteroatoms. The highest BCUT2D eigenvalue weighted by Crippen LogP contribution is 2.46. The van der Waals surface area contributed by atoms with Gasteiger partial charge in [-0.15, -0.1) is 0 Å². The molecule has 0 aliphatic rings. The fourth-order valence-corrected chi connectivity index (χ4v) is 3.96. The summed E-state index contributed by atoms with van der Waals surface area (Å²) in [5.41, 5.74) is 2.57. The number of hydrogen-bond acceptors (Lipinski definition) is 4. The normalized spacial score (nSPS) is 11.2. The molecule has 2 heterocycles. The summed E-state index contributed by atoms with van der Waals surface area (Å²) in [6.07, 6.45) is 1.79.